The number of rotatable bonds is 10. The number of benzene rings is 2. The summed E-state index contributed by atoms with van der Waals surface area (Å²) in [6.07, 6.45) is 5.55. The van der Waals surface area contributed by atoms with Gasteiger partial charge in [-0.2, -0.15) is 5.10 Å². The van der Waals surface area contributed by atoms with E-state index in [0.717, 1.165) is 40.1 Å². The molecule has 36 heavy (non-hydrogen) atoms. The average Bonchev–Trinajstić information content (AvgIpc) is 3.18. The highest BCUT2D eigenvalue weighted by molar-refractivity contribution is 7.99. The van der Waals surface area contributed by atoms with Crippen molar-refractivity contribution in [2.24, 2.45) is 0 Å². The third-order valence-corrected chi connectivity index (χ3v) is 8.29. The van der Waals surface area contributed by atoms with Crippen LogP contribution in [0.5, 0.6) is 0 Å². The molecule has 0 aliphatic heterocycles. The van der Waals surface area contributed by atoms with Crippen LogP contribution < -0.4 is 0 Å². The third kappa shape index (κ3) is 6.48. The summed E-state index contributed by atoms with van der Waals surface area (Å²) in [5.74, 6) is -1.73. The molecule has 4 rings (SSSR count). The fourth-order valence-corrected chi connectivity index (χ4v) is 5.26. The number of carbonyl (C=O) groups is 1. The van der Waals surface area contributed by atoms with Gasteiger partial charge in [0.05, 0.1) is 27.4 Å². The maximum absolute atomic E-state index is 14.5. The number of fused-ring (bicyclic) bond motifs is 1. The first kappa shape index (κ1) is 25.8. The van der Waals surface area contributed by atoms with Gasteiger partial charge in [-0.3, -0.25) is 4.98 Å². The van der Waals surface area contributed by atoms with Crippen LogP contribution in [-0.2, 0) is 11.5 Å². The van der Waals surface area contributed by atoms with Crippen molar-refractivity contribution < 1.29 is 19.0 Å². The molecular formula is C27H28FN3O3SSi. The SMILES string of the molecule is C[Si](C)(C)CCOCn1nc(/C=C/c2ccccn2)c2ccc(Sc3c(F)cccc3C(=O)O)cc21. The van der Waals surface area contributed by atoms with Crippen LogP contribution in [0.25, 0.3) is 23.1 Å². The molecule has 0 atom stereocenters. The van der Waals surface area contributed by atoms with E-state index in [1.807, 2.05) is 48.6 Å². The lowest BCUT2D eigenvalue weighted by atomic mass is 10.2. The van der Waals surface area contributed by atoms with Gasteiger partial charge in [0.1, 0.15) is 12.5 Å². The summed E-state index contributed by atoms with van der Waals surface area (Å²) in [7, 11) is -1.23. The lowest BCUT2D eigenvalue weighted by molar-refractivity contribution is 0.0692. The number of aromatic carboxylic acids is 1. The summed E-state index contributed by atoms with van der Waals surface area (Å²) in [5.41, 5.74) is 2.33. The number of pyridine rings is 1. The monoisotopic (exact) mass is 521 g/mol. The molecule has 0 aliphatic rings. The molecule has 0 spiro atoms. The molecular weight excluding hydrogens is 493 g/mol. The molecule has 9 heteroatoms. The highest BCUT2D eigenvalue weighted by atomic mass is 32.2. The van der Waals surface area contributed by atoms with E-state index in [4.69, 9.17) is 9.84 Å². The van der Waals surface area contributed by atoms with Crippen LogP contribution in [0.15, 0.2) is 70.6 Å². The van der Waals surface area contributed by atoms with Gasteiger partial charge in [0.15, 0.2) is 0 Å². The van der Waals surface area contributed by atoms with Gasteiger partial charge in [-0.15, -0.1) is 0 Å². The van der Waals surface area contributed by atoms with Crippen LogP contribution in [0.2, 0.25) is 25.7 Å². The summed E-state index contributed by atoms with van der Waals surface area (Å²) in [6.45, 7) is 7.85. The van der Waals surface area contributed by atoms with Crippen LogP contribution in [0.1, 0.15) is 21.7 Å². The van der Waals surface area contributed by atoms with Gasteiger partial charge in [0, 0.05) is 31.2 Å². The number of hydrogen-bond donors (Lipinski definition) is 1. The van der Waals surface area contributed by atoms with Crippen molar-refractivity contribution in [2.45, 2.75) is 42.2 Å². The number of ether oxygens (including phenoxy) is 1. The molecule has 0 aliphatic carbocycles. The second kappa shape index (κ2) is 11.2. The standard InChI is InChI=1S/C27H28FN3O3SSi/c1-36(2,3)16-15-34-18-31-25-17-20(35-26-22(27(32)33)8-6-9-23(26)28)11-12-21(25)24(30-31)13-10-19-7-4-5-14-29-19/h4-14,17H,15-16,18H2,1-3H3,(H,32,33)/b13-10+. The predicted molar refractivity (Wildman–Crippen MR) is 144 cm³/mol. The Kier molecular flexibility index (Phi) is 8.03. The summed E-state index contributed by atoms with van der Waals surface area (Å²) < 4.78 is 22.3. The zero-order chi connectivity index (χ0) is 25.7. The Bertz CT molecular complexity index is 1400. The van der Waals surface area contributed by atoms with E-state index in [1.54, 1.807) is 10.9 Å². The molecule has 0 saturated heterocycles. The van der Waals surface area contributed by atoms with E-state index in [-0.39, 0.29) is 17.2 Å². The zero-order valence-corrected chi connectivity index (χ0v) is 22.3. The Morgan fingerprint density at radius 3 is 2.69 bits per heavy atom. The lowest BCUT2D eigenvalue weighted by Gasteiger charge is -2.15. The average molecular weight is 522 g/mol. The van der Waals surface area contributed by atoms with Gasteiger partial charge in [0.25, 0.3) is 0 Å². The van der Waals surface area contributed by atoms with Crippen LogP contribution in [0, 0.1) is 5.82 Å². The van der Waals surface area contributed by atoms with E-state index in [2.05, 4.69) is 24.6 Å². The fourth-order valence-electron chi connectivity index (χ4n) is 3.53. The Morgan fingerprint density at radius 1 is 1.14 bits per heavy atom. The Morgan fingerprint density at radius 2 is 1.97 bits per heavy atom. The normalized spacial score (nSPS) is 12.0. The van der Waals surface area contributed by atoms with Crippen LogP contribution in [-0.4, -0.2) is 40.5 Å². The number of aromatic nitrogens is 3. The topological polar surface area (TPSA) is 77.2 Å². The van der Waals surface area contributed by atoms with Crippen molar-refractivity contribution in [3.63, 3.8) is 0 Å². The zero-order valence-electron chi connectivity index (χ0n) is 20.4. The van der Waals surface area contributed by atoms with Gasteiger partial charge < -0.3 is 9.84 Å². The molecule has 0 fully saturated rings. The molecule has 2 aromatic carbocycles. The minimum atomic E-state index is -1.23. The van der Waals surface area contributed by atoms with Crippen molar-refractivity contribution in [3.05, 3.63) is 83.6 Å². The van der Waals surface area contributed by atoms with E-state index >= 15 is 0 Å². The van der Waals surface area contributed by atoms with Gasteiger partial charge in [-0.1, -0.05) is 43.5 Å². The molecule has 1 N–H and O–H groups in total. The number of halogens is 1. The van der Waals surface area contributed by atoms with Gasteiger partial charge >= 0.3 is 5.97 Å². The van der Waals surface area contributed by atoms with Crippen LogP contribution in [0.3, 0.4) is 0 Å². The molecule has 2 heterocycles. The highest BCUT2D eigenvalue weighted by Gasteiger charge is 2.17. The molecule has 0 radical (unpaired) electrons. The van der Waals surface area contributed by atoms with Gasteiger partial charge in [0.2, 0.25) is 0 Å². The van der Waals surface area contributed by atoms with Crippen molar-refractivity contribution in [2.75, 3.05) is 6.61 Å². The van der Waals surface area contributed by atoms with Crippen molar-refractivity contribution in [1.29, 1.82) is 0 Å². The van der Waals surface area contributed by atoms with Crippen molar-refractivity contribution in [3.8, 4) is 0 Å². The quantitative estimate of drug-likeness (QED) is 0.181. The van der Waals surface area contributed by atoms with Crippen LogP contribution >= 0.6 is 11.8 Å². The largest absolute Gasteiger partial charge is 0.478 e. The highest BCUT2D eigenvalue weighted by Crippen LogP contribution is 2.35. The van der Waals surface area contributed by atoms with Gasteiger partial charge in [-0.05, 0) is 60.7 Å². The molecule has 186 valence electrons. The number of nitrogens with zero attached hydrogens (tertiary/aromatic N) is 3. The van der Waals surface area contributed by atoms with Crippen LogP contribution in [0.4, 0.5) is 4.39 Å². The second-order valence-electron chi connectivity index (χ2n) is 9.52. The first-order valence-electron chi connectivity index (χ1n) is 11.6. The second-order valence-corrected chi connectivity index (χ2v) is 16.2. The summed E-state index contributed by atoms with van der Waals surface area (Å²) in [6, 6.07) is 16.5. The minimum absolute atomic E-state index is 0.0673. The molecule has 6 nitrogen and oxygen atoms in total. The summed E-state index contributed by atoms with van der Waals surface area (Å²) >= 11 is 1.08. The molecule has 0 bridgehead atoms. The fraction of sp³-hybridized carbons (Fsp3) is 0.222. The number of carboxylic acid groups (broad SMARTS) is 1. The first-order valence-corrected chi connectivity index (χ1v) is 16.1. The predicted octanol–water partition coefficient (Wildman–Crippen LogP) is 6.90. The third-order valence-electron chi connectivity index (χ3n) is 5.48. The smallest absolute Gasteiger partial charge is 0.336 e. The van der Waals surface area contributed by atoms with E-state index in [9.17, 15) is 14.3 Å². The summed E-state index contributed by atoms with van der Waals surface area (Å²) in [5, 5.41) is 15.2. The molecule has 2 aromatic heterocycles. The molecule has 0 amide bonds. The van der Waals surface area contributed by atoms with Crippen molar-refractivity contribution >= 4 is 48.9 Å². The molecule has 4 aromatic rings. The minimum Gasteiger partial charge on any atom is -0.478 e. The molecule has 0 saturated carbocycles. The van der Waals surface area contributed by atoms with E-state index in [0.29, 0.717) is 11.5 Å². The number of carboxylic acids is 1. The Hall–Kier alpha value is -3.27. The first-order chi connectivity index (χ1) is 17.2. The molecule has 0 unspecified atom stereocenters. The van der Waals surface area contributed by atoms with Gasteiger partial charge in [-0.25, -0.2) is 13.9 Å². The van der Waals surface area contributed by atoms with Crippen molar-refractivity contribution in [1.82, 2.24) is 14.8 Å². The maximum Gasteiger partial charge on any atom is 0.336 e. The lowest BCUT2D eigenvalue weighted by Crippen LogP contribution is -2.22. The van der Waals surface area contributed by atoms with E-state index < -0.39 is 19.9 Å². The summed E-state index contributed by atoms with van der Waals surface area (Å²) in [4.78, 5) is 16.7. The Labute approximate surface area is 214 Å². The van der Waals surface area contributed by atoms with E-state index in [1.165, 1.54) is 18.2 Å². The number of hydrogen-bond acceptors (Lipinski definition) is 5. The Balaban J connectivity index is 1.68. The maximum atomic E-state index is 14.5.